The summed E-state index contributed by atoms with van der Waals surface area (Å²) in [6.45, 7) is 1.84. The van der Waals surface area contributed by atoms with Crippen molar-refractivity contribution in [2.75, 3.05) is 4.72 Å². The Labute approximate surface area is 114 Å². The summed E-state index contributed by atoms with van der Waals surface area (Å²) < 4.78 is 27.5. The van der Waals surface area contributed by atoms with Crippen LogP contribution in [-0.2, 0) is 10.0 Å². The van der Waals surface area contributed by atoms with Crippen molar-refractivity contribution in [1.29, 1.82) is 0 Å². The van der Waals surface area contributed by atoms with Gasteiger partial charge in [0, 0.05) is 10.7 Å². The van der Waals surface area contributed by atoms with Gasteiger partial charge < -0.3 is 0 Å². The van der Waals surface area contributed by atoms with Crippen LogP contribution in [-0.4, -0.2) is 13.4 Å². The van der Waals surface area contributed by atoms with Gasteiger partial charge >= 0.3 is 0 Å². The second-order valence-electron chi connectivity index (χ2n) is 3.73. The van der Waals surface area contributed by atoms with Crippen LogP contribution in [0.5, 0.6) is 0 Å². The van der Waals surface area contributed by atoms with E-state index in [4.69, 9.17) is 0 Å². The standard InChI is InChI=1S/C12H11BrN2O2S/c1-9-8-10(5-6-11(9)13)18(16,17)15-12-4-2-3-7-14-12/h2-8H,1H3,(H,14,15). The van der Waals surface area contributed by atoms with Crippen molar-refractivity contribution >= 4 is 31.8 Å². The van der Waals surface area contributed by atoms with Gasteiger partial charge in [0.25, 0.3) is 10.0 Å². The molecule has 0 aliphatic carbocycles. The fraction of sp³-hybridized carbons (Fsp3) is 0.0833. The maximum atomic E-state index is 12.1. The molecule has 0 unspecified atom stereocenters. The van der Waals surface area contributed by atoms with Crippen molar-refractivity contribution in [3.63, 3.8) is 0 Å². The third kappa shape index (κ3) is 2.88. The first kappa shape index (κ1) is 13.0. The molecule has 0 saturated heterocycles. The first-order chi connectivity index (χ1) is 8.49. The third-order valence-corrected chi connectivity index (χ3v) is 4.59. The Kier molecular flexibility index (Phi) is 3.68. The van der Waals surface area contributed by atoms with E-state index in [0.29, 0.717) is 5.82 Å². The van der Waals surface area contributed by atoms with E-state index in [1.807, 2.05) is 6.92 Å². The molecule has 1 heterocycles. The lowest BCUT2D eigenvalue weighted by atomic mass is 10.2. The summed E-state index contributed by atoms with van der Waals surface area (Å²) in [4.78, 5) is 4.15. The first-order valence-corrected chi connectivity index (χ1v) is 7.47. The molecule has 0 bridgehead atoms. The van der Waals surface area contributed by atoms with Crippen LogP contribution >= 0.6 is 15.9 Å². The fourth-order valence-electron chi connectivity index (χ4n) is 1.40. The zero-order chi connectivity index (χ0) is 13.2. The van der Waals surface area contributed by atoms with Gasteiger partial charge in [-0.1, -0.05) is 22.0 Å². The average molecular weight is 327 g/mol. The second kappa shape index (κ2) is 5.07. The molecule has 0 fully saturated rings. The molecule has 0 aliphatic rings. The summed E-state index contributed by atoms with van der Waals surface area (Å²) in [6.07, 6.45) is 1.53. The average Bonchev–Trinajstić information content (AvgIpc) is 2.33. The van der Waals surface area contributed by atoms with Gasteiger partial charge in [-0.15, -0.1) is 0 Å². The molecule has 6 heteroatoms. The van der Waals surface area contributed by atoms with Gasteiger partial charge in [-0.3, -0.25) is 4.72 Å². The number of aromatic nitrogens is 1. The Morgan fingerprint density at radius 2 is 2.00 bits per heavy atom. The number of anilines is 1. The highest BCUT2D eigenvalue weighted by atomic mass is 79.9. The summed E-state index contributed by atoms with van der Waals surface area (Å²) in [6, 6.07) is 9.91. The third-order valence-electron chi connectivity index (χ3n) is 2.34. The number of nitrogens with zero attached hydrogens (tertiary/aromatic N) is 1. The predicted octanol–water partition coefficient (Wildman–Crippen LogP) is 2.95. The monoisotopic (exact) mass is 326 g/mol. The van der Waals surface area contributed by atoms with E-state index in [1.54, 1.807) is 36.4 Å². The van der Waals surface area contributed by atoms with Crippen molar-refractivity contribution in [2.24, 2.45) is 0 Å². The predicted molar refractivity (Wildman–Crippen MR) is 73.9 cm³/mol. The Balaban J connectivity index is 2.34. The normalized spacial score (nSPS) is 11.2. The van der Waals surface area contributed by atoms with Crippen LogP contribution in [0.2, 0.25) is 0 Å². The molecule has 94 valence electrons. The quantitative estimate of drug-likeness (QED) is 0.943. The Morgan fingerprint density at radius 3 is 2.61 bits per heavy atom. The van der Waals surface area contributed by atoms with Gasteiger partial charge in [-0.05, 0) is 42.8 Å². The molecule has 0 aliphatic heterocycles. The van der Waals surface area contributed by atoms with E-state index < -0.39 is 10.0 Å². The summed E-state index contributed by atoms with van der Waals surface area (Å²) in [7, 11) is -3.59. The van der Waals surface area contributed by atoms with Gasteiger partial charge in [0.1, 0.15) is 5.82 Å². The molecule has 0 amide bonds. The molecule has 0 spiro atoms. The maximum Gasteiger partial charge on any atom is 0.263 e. The highest BCUT2D eigenvalue weighted by molar-refractivity contribution is 9.10. The van der Waals surface area contributed by atoms with Crippen LogP contribution in [0.1, 0.15) is 5.56 Å². The molecule has 1 N–H and O–H groups in total. The number of nitrogens with one attached hydrogen (secondary N) is 1. The zero-order valence-corrected chi connectivity index (χ0v) is 12.0. The Bertz CT molecular complexity index is 657. The molecule has 2 aromatic rings. The summed E-state index contributed by atoms with van der Waals surface area (Å²) in [5.74, 6) is 0.304. The summed E-state index contributed by atoms with van der Waals surface area (Å²) in [5.41, 5.74) is 0.860. The van der Waals surface area contributed by atoms with Gasteiger partial charge in [-0.2, -0.15) is 0 Å². The van der Waals surface area contributed by atoms with E-state index in [0.717, 1.165) is 10.0 Å². The minimum atomic E-state index is -3.59. The molecule has 1 aromatic heterocycles. The highest BCUT2D eigenvalue weighted by Gasteiger charge is 2.15. The topological polar surface area (TPSA) is 59.1 Å². The van der Waals surface area contributed by atoms with Gasteiger partial charge in [0.2, 0.25) is 0 Å². The number of pyridine rings is 1. The van der Waals surface area contributed by atoms with Crippen molar-refractivity contribution in [1.82, 2.24) is 4.98 Å². The first-order valence-electron chi connectivity index (χ1n) is 5.19. The smallest absolute Gasteiger partial charge is 0.263 e. The Morgan fingerprint density at radius 1 is 1.22 bits per heavy atom. The molecule has 0 atom stereocenters. The maximum absolute atomic E-state index is 12.1. The van der Waals surface area contributed by atoms with Gasteiger partial charge in [-0.25, -0.2) is 13.4 Å². The minimum absolute atomic E-state index is 0.217. The van der Waals surface area contributed by atoms with E-state index in [1.165, 1.54) is 6.20 Å². The summed E-state index contributed by atoms with van der Waals surface area (Å²) in [5, 5.41) is 0. The minimum Gasteiger partial charge on any atom is -0.263 e. The van der Waals surface area contributed by atoms with Crippen LogP contribution in [0.4, 0.5) is 5.82 Å². The number of benzene rings is 1. The molecule has 1 aromatic carbocycles. The number of hydrogen-bond acceptors (Lipinski definition) is 3. The number of hydrogen-bond donors (Lipinski definition) is 1. The summed E-state index contributed by atoms with van der Waals surface area (Å²) >= 11 is 3.34. The van der Waals surface area contributed by atoms with E-state index in [9.17, 15) is 8.42 Å². The Hall–Kier alpha value is -1.40. The number of rotatable bonds is 3. The number of halogens is 1. The van der Waals surface area contributed by atoms with Crippen molar-refractivity contribution < 1.29 is 8.42 Å². The molecular weight excluding hydrogens is 316 g/mol. The number of sulfonamides is 1. The molecule has 0 radical (unpaired) electrons. The molecular formula is C12H11BrN2O2S. The lowest BCUT2D eigenvalue weighted by molar-refractivity contribution is 0.601. The van der Waals surface area contributed by atoms with Crippen molar-refractivity contribution in [3.8, 4) is 0 Å². The van der Waals surface area contributed by atoms with Crippen LogP contribution in [0, 0.1) is 6.92 Å². The van der Waals surface area contributed by atoms with Gasteiger partial charge in [0.05, 0.1) is 4.90 Å². The zero-order valence-electron chi connectivity index (χ0n) is 9.59. The number of aryl methyl sites for hydroxylation is 1. The molecule has 4 nitrogen and oxygen atoms in total. The van der Waals surface area contributed by atoms with Crippen molar-refractivity contribution in [2.45, 2.75) is 11.8 Å². The van der Waals surface area contributed by atoms with Crippen molar-refractivity contribution in [3.05, 3.63) is 52.6 Å². The molecule has 0 saturated carbocycles. The highest BCUT2D eigenvalue weighted by Crippen LogP contribution is 2.21. The lowest BCUT2D eigenvalue weighted by Gasteiger charge is -2.08. The fourth-order valence-corrected chi connectivity index (χ4v) is 2.74. The SMILES string of the molecule is Cc1cc(S(=O)(=O)Nc2ccccn2)ccc1Br. The van der Waals surface area contributed by atoms with E-state index in [2.05, 4.69) is 25.6 Å². The van der Waals surface area contributed by atoms with E-state index >= 15 is 0 Å². The lowest BCUT2D eigenvalue weighted by Crippen LogP contribution is -2.13. The van der Waals surface area contributed by atoms with Crippen LogP contribution in [0.25, 0.3) is 0 Å². The van der Waals surface area contributed by atoms with Gasteiger partial charge in [0.15, 0.2) is 0 Å². The van der Waals surface area contributed by atoms with Crippen LogP contribution < -0.4 is 4.72 Å². The largest absolute Gasteiger partial charge is 0.263 e. The van der Waals surface area contributed by atoms with Crippen LogP contribution in [0.3, 0.4) is 0 Å². The second-order valence-corrected chi connectivity index (χ2v) is 6.27. The van der Waals surface area contributed by atoms with E-state index in [-0.39, 0.29) is 4.90 Å². The molecule has 18 heavy (non-hydrogen) atoms. The van der Waals surface area contributed by atoms with Crippen LogP contribution in [0.15, 0.2) is 52.0 Å². The molecule has 2 rings (SSSR count).